The van der Waals surface area contributed by atoms with E-state index in [4.69, 9.17) is 11.6 Å². The number of hydrogen-bond acceptors (Lipinski definition) is 2. The van der Waals surface area contributed by atoms with Gasteiger partial charge < -0.3 is 0 Å². The van der Waals surface area contributed by atoms with Crippen LogP contribution < -0.4 is 0 Å². The van der Waals surface area contributed by atoms with Crippen LogP contribution in [0, 0.1) is 35.3 Å². The number of hydrogen-bond donors (Lipinski definition) is 0. The van der Waals surface area contributed by atoms with Gasteiger partial charge in [0.25, 0.3) is 0 Å². The maximum Gasteiger partial charge on any atom is 0.159 e. The Morgan fingerprint density at radius 2 is 1.73 bits per heavy atom. The van der Waals surface area contributed by atoms with Crippen molar-refractivity contribution in [2.45, 2.75) is 58.3 Å². The molecule has 0 aliphatic heterocycles. The van der Waals surface area contributed by atoms with Crippen LogP contribution in [-0.4, -0.2) is 9.97 Å². The summed E-state index contributed by atoms with van der Waals surface area (Å²) in [5.41, 5.74) is 2.74. The number of aromatic nitrogens is 2. The fourth-order valence-corrected chi connectivity index (χ4v) is 3.97. The highest BCUT2D eigenvalue weighted by Crippen LogP contribution is 2.29. The van der Waals surface area contributed by atoms with Crippen molar-refractivity contribution in [1.82, 2.24) is 9.97 Å². The molecule has 0 saturated heterocycles. The Hall–Kier alpha value is -2.25. The van der Waals surface area contributed by atoms with E-state index in [0.29, 0.717) is 17.3 Å². The van der Waals surface area contributed by atoms with E-state index < -0.39 is 11.6 Å². The average molecular weight is 429 g/mol. The minimum absolute atomic E-state index is 0.159. The van der Waals surface area contributed by atoms with E-state index in [1.165, 1.54) is 12.1 Å². The first-order valence-corrected chi connectivity index (χ1v) is 11.1. The number of halogens is 3. The van der Waals surface area contributed by atoms with Crippen molar-refractivity contribution < 1.29 is 8.78 Å². The summed E-state index contributed by atoms with van der Waals surface area (Å²) < 4.78 is 29.2. The third-order valence-electron chi connectivity index (χ3n) is 5.59. The molecule has 1 saturated carbocycles. The minimum Gasteiger partial charge on any atom is -0.236 e. The molecule has 0 atom stereocenters. The normalized spacial score (nSPS) is 18.9. The Morgan fingerprint density at radius 3 is 2.33 bits per heavy atom. The molecule has 0 N–H and O–H groups in total. The Balaban J connectivity index is 1.69. The molecule has 1 aromatic carbocycles. The third-order valence-corrected chi connectivity index (χ3v) is 5.74. The fraction of sp³-hybridized carbons (Fsp3) is 0.440. The molecule has 3 rings (SSSR count). The lowest BCUT2D eigenvalue weighted by atomic mass is 9.82. The van der Waals surface area contributed by atoms with Crippen molar-refractivity contribution in [3.8, 4) is 23.2 Å². The summed E-state index contributed by atoms with van der Waals surface area (Å²) in [6.45, 7) is 2.15. The van der Waals surface area contributed by atoms with Crippen molar-refractivity contribution in [2.75, 3.05) is 0 Å². The predicted octanol–water partition coefficient (Wildman–Crippen LogP) is 7.06. The first kappa shape index (κ1) is 22.4. The second-order valence-corrected chi connectivity index (χ2v) is 8.14. The van der Waals surface area contributed by atoms with Gasteiger partial charge in [-0.15, -0.1) is 0 Å². The van der Waals surface area contributed by atoms with Gasteiger partial charge in [-0.2, -0.15) is 0 Å². The van der Waals surface area contributed by atoms with Gasteiger partial charge in [0, 0.05) is 29.4 Å². The van der Waals surface area contributed by atoms with Crippen LogP contribution in [0.3, 0.4) is 0 Å². The summed E-state index contributed by atoms with van der Waals surface area (Å²) in [5.74, 6) is 5.39. The van der Waals surface area contributed by atoms with Crippen LogP contribution in [0.1, 0.15) is 63.0 Å². The minimum atomic E-state index is -0.674. The number of allylic oxidation sites excluding steroid dienone is 1. The number of aryl methyl sites for hydroxylation is 1. The molecule has 0 spiro atoms. The largest absolute Gasteiger partial charge is 0.236 e. The predicted molar refractivity (Wildman–Crippen MR) is 118 cm³/mol. The van der Waals surface area contributed by atoms with E-state index in [9.17, 15) is 8.78 Å². The van der Waals surface area contributed by atoms with Gasteiger partial charge in [-0.3, -0.25) is 0 Å². The quantitative estimate of drug-likeness (QED) is 0.363. The molecule has 0 radical (unpaired) electrons. The number of benzene rings is 1. The Kier molecular flexibility index (Phi) is 8.39. The third kappa shape index (κ3) is 6.12. The highest BCUT2D eigenvalue weighted by Gasteiger charge is 2.18. The molecule has 1 aromatic heterocycles. The number of nitrogens with zero attached hydrogens (tertiary/aromatic N) is 2. The molecule has 1 aliphatic rings. The zero-order valence-corrected chi connectivity index (χ0v) is 18.1. The first-order chi connectivity index (χ1) is 14.6. The SMILES string of the molecule is CCCCCc1cnc(-c2cc(F)c(C#CC3CCC(C=CCl)CC3)c(F)c2)nc1. The molecule has 1 heterocycles. The lowest BCUT2D eigenvalue weighted by Gasteiger charge is -2.22. The summed E-state index contributed by atoms with van der Waals surface area (Å²) in [4.78, 5) is 8.57. The maximum absolute atomic E-state index is 14.6. The summed E-state index contributed by atoms with van der Waals surface area (Å²) in [7, 11) is 0. The average Bonchev–Trinajstić information content (AvgIpc) is 2.75. The highest BCUT2D eigenvalue weighted by atomic mass is 35.5. The zero-order chi connectivity index (χ0) is 21.3. The van der Waals surface area contributed by atoms with Gasteiger partial charge in [-0.25, -0.2) is 18.7 Å². The summed E-state index contributed by atoms with van der Waals surface area (Å²) in [6, 6.07) is 2.53. The van der Waals surface area contributed by atoms with Crippen molar-refractivity contribution in [1.29, 1.82) is 0 Å². The second kappa shape index (κ2) is 11.2. The highest BCUT2D eigenvalue weighted by molar-refractivity contribution is 6.25. The smallest absolute Gasteiger partial charge is 0.159 e. The topological polar surface area (TPSA) is 25.8 Å². The van der Waals surface area contributed by atoms with Crippen molar-refractivity contribution >= 4 is 11.6 Å². The molecule has 0 unspecified atom stereocenters. The number of rotatable bonds is 6. The zero-order valence-electron chi connectivity index (χ0n) is 17.3. The van der Waals surface area contributed by atoms with Crippen LogP contribution in [-0.2, 0) is 6.42 Å². The van der Waals surface area contributed by atoms with Gasteiger partial charge in [0.15, 0.2) is 5.82 Å². The fourth-order valence-electron chi connectivity index (χ4n) is 3.77. The van der Waals surface area contributed by atoms with Crippen LogP contribution in [0.4, 0.5) is 8.78 Å². The van der Waals surface area contributed by atoms with Gasteiger partial charge in [0.1, 0.15) is 11.6 Å². The van der Waals surface area contributed by atoms with Crippen LogP contribution in [0.25, 0.3) is 11.4 Å². The van der Waals surface area contributed by atoms with Gasteiger partial charge in [-0.1, -0.05) is 49.3 Å². The molecule has 2 nitrogen and oxygen atoms in total. The molecule has 0 bridgehead atoms. The van der Waals surface area contributed by atoms with Gasteiger partial charge >= 0.3 is 0 Å². The molecule has 1 fully saturated rings. The van der Waals surface area contributed by atoms with Gasteiger partial charge in [0.2, 0.25) is 0 Å². The molecule has 158 valence electrons. The van der Waals surface area contributed by atoms with E-state index in [1.54, 1.807) is 17.9 Å². The molecule has 1 aliphatic carbocycles. The lowest BCUT2D eigenvalue weighted by molar-refractivity contribution is 0.365. The van der Waals surface area contributed by atoms with E-state index in [-0.39, 0.29) is 11.5 Å². The lowest BCUT2D eigenvalue weighted by Crippen LogP contribution is -2.11. The van der Waals surface area contributed by atoms with E-state index in [1.807, 2.05) is 6.08 Å². The monoisotopic (exact) mass is 428 g/mol. The van der Waals surface area contributed by atoms with E-state index in [0.717, 1.165) is 56.9 Å². The van der Waals surface area contributed by atoms with Gasteiger partial charge in [-0.05, 0) is 62.1 Å². The Labute approximate surface area is 182 Å². The summed E-state index contributed by atoms with van der Waals surface area (Å²) in [5, 5.41) is 0. The molecular weight excluding hydrogens is 402 g/mol. The van der Waals surface area contributed by atoms with Crippen molar-refractivity contribution in [3.05, 3.63) is 58.9 Å². The Morgan fingerprint density at radius 1 is 1.07 bits per heavy atom. The van der Waals surface area contributed by atoms with Crippen LogP contribution in [0.2, 0.25) is 0 Å². The Bertz CT molecular complexity index is 897. The van der Waals surface area contributed by atoms with E-state index >= 15 is 0 Å². The molecular formula is C25H27ClF2N2. The van der Waals surface area contributed by atoms with Crippen LogP contribution in [0.5, 0.6) is 0 Å². The molecule has 0 amide bonds. The first-order valence-electron chi connectivity index (χ1n) is 10.7. The molecule has 5 heteroatoms. The van der Waals surface area contributed by atoms with Crippen molar-refractivity contribution in [3.63, 3.8) is 0 Å². The molecule has 2 aromatic rings. The maximum atomic E-state index is 14.6. The summed E-state index contributed by atoms with van der Waals surface area (Å²) in [6.07, 6.45) is 13.6. The van der Waals surface area contributed by atoms with Gasteiger partial charge in [0.05, 0.1) is 5.56 Å². The standard InChI is InChI=1S/C25H27ClF2N2/c1-2-3-4-5-20-16-29-25(30-17-20)21-14-23(27)22(24(28)15-21)11-10-18-6-8-19(9-7-18)12-13-26/h12-19H,2-9H2,1H3. The number of unbranched alkanes of at least 4 members (excludes halogenated alkanes) is 2. The second-order valence-electron chi connectivity index (χ2n) is 7.89. The van der Waals surface area contributed by atoms with Crippen LogP contribution >= 0.6 is 11.6 Å². The summed E-state index contributed by atoms with van der Waals surface area (Å²) >= 11 is 5.64. The molecule has 30 heavy (non-hydrogen) atoms. The van der Waals surface area contributed by atoms with Crippen molar-refractivity contribution in [2.24, 2.45) is 11.8 Å². The van der Waals surface area contributed by atoms with E-state index in [2.05, 4.69) is 28.7 Å². The van der Waals surface area contributed by atoms with Crippen LogP contribution in [0.15, 0.2) is 36.1 Å².